The Morgan fingerprint density at radius 1 is 1.44 bits per heavy atom. The van der Waals surface area contributed by atoms with Crippen molar-refractivity contribution in [2.75, 3.05) is 5.73 Å². The third-order valence-corrected chi connectivity index (χ3v) is 2.48. The standard InChI is InChI=1S/C12H18N2O.ClH/c1-4-12(2,3)14-11(15)9-6-5-7-10(13)8-9;/h5-8H,4,13H2,1-3H3,(H,14,15);1H. The van der Waals surface area contributed by atoms with E-state index in [1.165, 1.54) is 0 Å². The van der Waals surface area contributed by atoms with E-state index in [-0.39, 0.29) is 23.9 Å². The van der Waals surface area contributed by atoms with Gasteiger partial charge < -0.3 is 11.1 Å². The van der Waals surface area contributed by atoms with Crippen molar-refractivity contribution >= 4 is 24.0 Å². The smallest absolute Gasteiger partial charge is 0.251 e. The fraction of sp³-hybridized carbons (Fsp3) is 0.417. The Balaban J connectivity index is 0.00000225. The quantitative estimate of drug-likeness (QED) is 0.801. The summed E-state index contributed by atoms with van der Waals surface area (Å²) >= 11 is 0. The lowest BCUT2D eigenvalue weighted by molar-refractivity contribution is 0.0911. The number of nitrogens with two attached hydrogens (primary N) is 1. The van der Waals surface area contributed by atoms with Crippen LogP contribution in [0.2, 0.25) is 0 Å². The molecule has 0 heterocycles. The second kappa shape index (κ2) is 5.75. The summed E-state index contributed by atoms with van der Waals surface area (Å²) in [4.78, 5) is 11.8. The lowest BCUT2D eigenvalue weighted by Crippen LogP contribution is -2.42. The van der Waals surface area contributed by atoms with Gasteiger partial charge in [0.1, 0.15) is 0 Å². The molecule has 4 heteroatoms. The fourth-order valence-electron chi connectivity index (χ4n) is 1.15. The molecule has 0 aliphatic rings. The van der Waals surface area contributed by atoms with Gasteiger partial charge in [-0.15, -0.1) is 12.4 Å². The SMILES string of the molecule is CCC(C)(C)NC(=O)c1cccc(N)c1.Cl. The fourth-order valence-corrected chi connectivity index (χ4v) is 1.15. The summed E-state index contributed by atoms with van der Waals surface area (Å²) in [5.74, 6) is -0.0749. The molecule has 16 heavy (non-hydrogen) atoms. The number of carbonyl (C=O) groups is 1. The van der Waals surface area contributed by atoms with Crippen LogP contribution in [-0.4, -0.2) is 11.4 Å². The highest BCUT2D eigenvalue weighted by Crippen LogP contribution is 2.11. The van der Waals surface area contributed by atoms with Gasteiger partial charge in [-0.2, -0.15) is 0 Å². The summed E-state index contributed by atoms with van der Waals surface area (Å²) in [5, 5.41) is 2.95. The predicted molar refractivity (Wildman–Crippen MR) is 69.9 cm³/mol. The molecule has 1 aromatic rings. The van der Waals surface area contributed by atoms with Gasteiger partial charge in [-0.05, 0) is 38.5 Å². The highest BCUT2D eigenvalue weighted by Gasteiger charge is 2.18. The third-order valence-electron chi connectivity index (χ3n) is 2.48. The number of hydrogen-bond acceptors (Lipinski definition) is 2. The van der Waals surface area contributed by atoms with Crippen LogP contribution in [0.1, 0.15) is 37.6 Å². The van der Waals surface area contributed by atoms with E-state index in [9.17, 15) is 4.79 Å². The van der Waals surface area contributed by atoms with Gasteiger partial charge >= 0.3 is 0 Å². The normalized spacial score (nSPS) is 10.4. The van der Waals surface area contributed by atoms with Crippen LogP contribution >= 0.6 is 12.4 Å². The Bertz CT molecular complexity index is 364. The number of nitrogen functional groups attached to an aromatic ring is 1. The molecule has 0 aromatic heterocycles. The number of amides is 1. The van der Waals surface area contributed by atoms with E-state index in [0.717, 1.165) is 6.42 Å². The third kappa shape index (κ3) is 4.11. The molecule has 0 spiro atoms. The van der Waals surface area contributed by atoms with Gasteiger partial charge in [0.25, 0.3) is 5.91 Å². The van der Waals surface area contributed by atoms with Crippen LogP contribution in [0.3, 0.4) is 0 Å². The Morgan fingerprint density at radius 2 is 2.06 bits per heavy atom. The van der Waals surface area contributed by atoms with E-state index >= 15 is 0 Å². The van der Waals surface area contributed by atoms with Crippen molar-refractivity contribution in [3.8, 4) is 0 Å². The maximum Gasteiger partial charge on any atom is 0.251 e. The Hall–Kier alpha value is -1.22. The molecule has 1 aromatic carbocycles. The molecule has 0 bridgehead atoms. The minimum Gasteiger partial charge on any atom is -0.399 e. The van der Waals surface area contributed by atoms with Crippen LogP contribution in [0.25, 0.3) is 0 Å². The molecule has 0 radical (unpaired) electrons. The van der Waals surface area contributed by atoms with Gasteiger partial charge in [0.15, 0.2) is 0 Å². The number of carbonyl (C=O) groups excluding carboxylic acids is 1. The molecule has 0 aliphatic carbocycles. The molecular formula is C12H19ClN2O. The predicted octanol–water partition coefficient (Wildman–Crippen LogP) is 2.61. The van der Waals surface area contributed by atoms with Crippen LogP contribution in [0.4, 0.5) is 5.69 Å². The second-order valence-corrected chi connectivity index (χ2v) is 4.32. The van der Waals surface area contributed by atoms with Crippen molar-refractivity contribution in [2.45, 2.75) is 32.7 Å². The van der Waals surface area contributed by atoms with Crippen LogP contribution < -0.4 is 11.1 Å². The maximum absolute atomic E-state index is 11.8. The lowest BCUT2D eigenvalue weighted by Gasteiger charge is -2.24. The van der Waals surface area contributed by atoms with E-state index in [0.29, 0.717) is 11.3 Å². The summed E-state index contributed by atoms with van der Waals surface area (Å²) in [6, 6.07) is 6.99. The van der Waals surface area contributed by atoms with E-state index < -0.39 is 0 Å². The summed E-state index contributed by atoms with van der Waals surface area (Å²) in [7, 11) is 0. The molecular weight excluding hydrogens is 224 g/mol. The van der Waals surface area contributed by atoms with Gasteiger partial charge in [0.2, 0.25) is 0 Å². The molecule has 1 rings (SSSR count). The monoisotopic (exact) mass is 242 g/mol. The Morgan fingerprint density at radius 3 is 2.56 bits per heavy atom. The average molecular weight is 243 g/mol. The molecule has 1 amide bonds. The first-order valence-electron chi connectivity index (χ1n) is 5.12. The first-order valence-corrected chi connectivity index (χ1v) is 5.12. The zero-order valence-corrected chi connectivity index (χ0v) is 10.7. The van der Waals surface area contributed by atoms with E-state index in [1.54, 1.807) is 24.3 Å². The van der Waals surface area contributed by atoms with Crippen molar-refractivity contribution in [2.24, 2.45) is 0 Å². The lowest BCUT2D eigenvalue weighted by atomic mass is 10.0. The molecule has 3 N–H and O–H groups in total. The Labute approximate surface area is 103 Å². The summed E-state index contributed by atoms with van der Waals surface area (Å²) < 4.78 is 0. The van der Waals surface area contributed by atoms with Crippen molar-refractivity contribution in [3.63, 3.8) is 0 Å². The van der Waals surface area contributed by atoms with Crippen molar-refractivity contribution in [1.29, 1.82) is 0 Å². The molecule has 0 atom stereocenters. The minimum atomic E-state index is -0.179. The van der Waals surface area contributed by atoms with Crippen LogP contribution in [0.15, 0.2) is 24.3 Å². The van der Waals surface area contributed by atoms with Crippen molar-refractivity contribution in [3.05, 3.63) is 29.8 Å². The summed E-state index contributed by atoms with van der Waals surface area (Å²) in [6.45, 7) is 6.04. The van der Waals surface area contributed by atoms with Crippen molar-refractivity contribution in [1.82, 2.24) is 5.32 Å². The topological polar surface area (TPSA) is 55.1 Å². The summed E-state index contributed by atoms with van der Waals surface area (Å²) in [5.41, 5.74) is 6.65. The Kier molecular flexibility index (Phi) is 5.31. The molecule has 0 aliphatic heterocycles. The molecule has 0 unspecified atom stereocenters. The van der Waals surface area contributed by atoms with Gasteiger partial charge in [0.05, 0.1) is 0 Å². The van der Waals surface area contributed by atoms with Gasteiger partial charge in [-0.3, -0.25) is 4.79 Å². The van der Waals surface area contributed by atoms with E-state index in [1.807, 2.05) is 20.8 Å². The van der Waals surface area contributed by atoms with Gasteiger partial charge in [-0.25, -0.2) is 0 Å². The number of benzene rings is 1. The number of nitrogens with one attached hydrogen (secondary N) is 1. The minimum absolute atomic E-state index is 0. The number of rotatable bonds is 3. The van der Waals surface area contributed by atoms with Crippen LogP contribution in [-0.2, 0) is 0 Å². The van der Waals surface area contributed by atoms with Gasteiger partial charge in [0, 0.05) is 16.8 Å². The number of halogens is 1. The largest absolute Gasteiger partial charge is 0.399 e. The molecule has 0 saturated carbocycles. The first-order chi connectivity index (χ1) is 6.94. The number of hydrogen-bond donors (Lipinski definition) is 2. The molecule has 3 nitrogen and oxygen atoms in total. The second-order valence-electron chi connectivity index (χ2n) is 4.32. The van der Waals surface area contributed by atoms with E-state index in [4.69, 9.17) is 5.73 Å². The van der Waals surface area contributed by atoms with E-state index in [2.05, 4.69) is 5.32 Å². The van der Waals surface area contributed by atoms with Crippen LogP contribution in [0, 0.1) is 0 Å². The average Bonchev–Trinajstić information content (AvgIpc) is 2.17. The van der Waals surface area contributed by atoms with Crippen molar-refractivity contribution < 1.29 is 4.79 Å². The first kappa shape index (κ1) is 14.8. The van der Waals surface area contributed by atoms with Gasteiger partial charge in [-0.1, -0.05) is 13.0 Å². The zero-order valence-electron chi connectivity index (χ0n) is 9.91. The summed E-state index contributed by atoms with van der Waals surface area (Å²) in [6.07, 6.45) is 0.890. The molecule has 90 valence electrons. The zero-order chi connectivity index (χ0) is 11.5. The maximum atomic E-state index is 11.8. The number of anilines is 1. The molecule has 0 fully saturated rings. The molecule has 0 saturated heterocycles. The highest BCUT2D eigenvalue weighted by molar-refractivity contribution is 5.95. The van der Waals surface area contributed by atoms with Crippen LogP contribution in [0.5, 0.6) is 0 Å². The highest BCUT2D eigenvalue weighted by atomic mass is 35.5.